The summed E-state index contributed by atoms with van der Waals surface area (Å²) in [4.78, 5) is 2.45. The van der Waals surface area contributed by atoms with Crippen molar-refractivity contribution in [1.29, 1.82) is 0 Å². The van der Waals surface area contributed by atoms with Gasteiger partial charge in [0.1, 0.15) is 5.82 Å². The Kier molecular flexibility index (Phi) is 4.82. The Balaban J connectivity index is 2.05. The molecule has 2 rings (SSSR count). The quantitative estimate of drug-likeness (QED) is 0.916. The van der Waals surface area contributed by atoms with Gasteiger partial charge in [-0.15, -0.1) is 0 Å². The van der Waals surface area contributed by atoms with Crippen molar-refractivity contribution >= 4 is 11.6 Å². The zero-order chi connectivity index (χ0) is 14.0. The monoisotopic (exact) mass is 284 g/mol. The second-order valence-corrected chi connectivity index (χ2v) is 5.91. The van der Waals surface area contributed by atoms with E-state index in [1.165, 1.54) is 6.07 Å². The minimum absolute atomic E-state index is 0.211. The van der Waals surface area contributed by atoms with Crippen molar-refractivity contribution in [2.75, 3.05) is 13.6 Å². The Labute approximate surface area is 119 Å². The molecule has 0 amide bonds. The number of hydrogen-bond acceptors (Lipinski definition) is 2. The van der Waals surface area contributed by atoms with E-state index in [1.54, 1.807) is 6.07 Å². The smallest absolute Gasteiger partial charge is 0.141 e. The highest BCUT2D eigenvalue weighted by Gasteiger charge is 2.31. The van der Waals surface area contributed by atoms with Gasteiger partial charge in [-0.05, 0) is 44.0 Å². The molecule has 1 aromatic carbocycles. The van der Waals surface area contributed by atoms with Crippen LogP contribution in [0, 0.1) is 11.7 Å². The van der Waals surface area contributed by atoms with Crippen molar-refractivity contribution in [1.82, 2.24) is 10.2 Å². The Morgan fingerprint density at radius 1 is 1.42 bits per heavy atom. The standard InChI is InChI=1S/C15H22ClFN2/c1-10-11(2)19(7-6-15(10)18-3)9-12-4-5-14(17)13(16)8-12/h4-5,8,10-11,15,18H,6-7,9H2,1-3H3. The lowest BCUT2D eigenvalue weighted by molar-refractivity contribution is 0.0811. The number of halogens is 2. The maximum atomic E-state index is 13.2. The van der Waals surface area contributed by atoms with Gasteiger partial charge in [0, 0.05) is 25.2 Å². The lowest BCUT2D eigenvalue weighted by Gasteiger charge is -2.42. The van der Waals surface area contributed by atoms with Gasteiger partial charge in [0.05, 0.1) is 5.02 Å². The van der Waals surface area contributed by atoms with E-state index in [-0.39, 0.29) is 10.8 Å². The van der Waals surface area contributed by atoms with Gasteiger partial charge in [0.25, 0.3) is 0 Å². The number of rotatable bonds is 3. The van der Waals surface area contributed by atoms with E-state index in [4.69, 9.17) is 11.6 Å². The van der Waals surface area contributed by atoms with Crippen LogP contribution in [0.1, 0.15) is 25.8 Å². The molecule has 1 aliphatic heterocycles. The highest BCUT2D eigenvalue weighted by Crippen LogP contribution is 2.26. The first-order valence-electron chi connectivity index (χ1n) is 6.88. The van der Waals surface area contributed by atoms with Crippen LogP contribution in [-0.4, -0.2) is 30.6 Å². The molecule has 19 heavy (non-hydrogen) atoms. The molecule has 1 aromatic rings. The van der Waals surface area contributed by atoms with Crippen LogP contribution in [-0.2, 0) is 6.54 Å². The molecule has 1 fully saturated rings. The summed E-state index contributed by atoms with van der Waals surface area (Å²) in [6, 6.07) is 6.10. The zero-order valence-electron chi connectivity index (χ0n) is 11.8. The molecule has 1 aliphatic rings. The predicted molar refractivity (Wildman–Crippen MR) is 77.9 cm³/mol. The fourth-order valence-corrected chi connectivity index (χ4v) is 3.15. The van der Waals surface area contributed by atoms with Gasteiger partial charge in [-0.1, -0.05) is 24.6 Å². The van der Waals surface area contributed by atoms with Gasteiger partial charge >= 0.3 is 0 Å². The van der Waals surface area contributed by atoms with Gasteiger partial charge in [0.15, 0.2) is 0 Å². The third kappa shape index (κ3) is 3.28. The van der Waals surface area contributed by atoms with Crippen molar-refractivity contribution in [2.24, 2.45) is 5.92 Å². The summed E-state index contributed by atoms with van der Waals surface area (Å²) in [5.41, 5.74) is 1.08. The summed E-state index contributed by atoms with van der Waals surface area (Å²) >= 11 is 5.84. The molecule has 2 nitrogen and oxygen atoms in total. The average molecular weight is 285 g/mol. The Morgan fingerprint density at radius 2 is 2.16 bits per heavy atom. The number of nitrogens with zero attached hydrogens (tertiary/aromatic N) is 1. The van der Waals surface area contributed by atoms with Gasteiger partial charge in [-0.25, -0.2) is 4.39 Å². The van der Waals surface area contributed by atoms with E-state index in [0.717, 1.165) is 25.1 Å². The van der Waals surface area contributed by atoms with E-state index < -0.39 is 0 Å². The summed E-state index contributed by atoms with van der Waals surface area (Å²) in [5.74, 6) is 0.260. The average Bonchev–Trinajstić information content (AvgIpc) is 2.40. The largest absolute Gasteiger partial charge is 0.317 e. The molecule has 0 aromatic heterocycles. The van der Waals surface area contributed by atoms with Crippen LogP contribution in [0.4, 0.5) is 4.39 Å². The molecule has 0 radical (unpaired) electrons. The second-order valence-electron chi connectivity index (χ2n) is 5.50. The lowest BCUT2D eigenvalue weighted by Crippen LogP contribution is -2.52. The number of piperidine rings is 1. The first kappa shape index (κ1) is 14.8. The Hall–Kier alpha value is -0.640. The van der Waals surface area contributed by atoms with Crippen LogP contribution < -0.4 is 5.32 Å². The van der Waals surface area contributed by atoms with Crippen LogP contribution in [0.15, 0.2) is 18.2 Å². The van der Waals surface area contributed by atoms with Crippen LogP contribution >= 0.6 is 11.6 Å². The highest BCUT2D eigenvalue weighted by molar-refractivity contribution is 6.30. The van der Waals surface area contributed by atoms with Gasteiger partial charge in [-0.2, -0.15) is 0 Å². The minimum Gasteiger partial charge on any atom is -0.317 e. The van der Waals surface area contributed by atoms with Crippen molar-refractivity contribution in [3.05, 3.63) is 34.6 Å². The Bertz CT molecular complexity index is 438. The molecular formula is C15H22ClFN2. The summed E-state index contributed by atoms with van der Waals surface area (Å²) in [6.07, 6.45) is 1.15. The van der Waals surface area contributed by atoms with Gasteiger partial charge in [-0.3, -0.25) is 4.90 Å². The van der Waals surface area contributed by atoms with Crippen LogP contribution in [0.3, 0.4) is 0 Å². The molecule has 1 N–H and O–H groups in total. The van der Waals surface area contributed by atoms with Gasteiger partial charge < -0.3 is 5.32 Å². The normalized spacial score (nSPS) is 28.6. The van der Waals surface area contributed by atoms with E-state index >= 15 is 0 Å². The second kappa shape index (κ2) is 6.21. The van der Waals surface area contributed by atoms with Crippen LogP contribution in [0.25, 0.3) is 0 Å². The molecule has 0 aliphatic carbocycles. The van der Waals surface area contributed by atoms with Crippen molar-refractivity contribution < 1.29 is 4.39 Å². The fraction of sp³-hybridized carbons (Fsp3) is 0.600. The maximum absolute atomic E-state index is 13.2. The third-order valence-electron chi connectivity index (χ3n) is 4.44. The summed E-state index contributed by atoms with van der Waals surface area (Å²) in [7, 11) is 2.03. The van der Waals surface area contributed by atoms with E-state index in [2.05, 4.69) is 24.1 Å². The molecule has 4 heteroatoms. The van der Waals surface area contributed by atoms with Crippen LogP contribution in [0.2, 0.25) is 5.02 Å². The first-order chi connectivity index (χ1) is 9.02. The summed E-state index contributed by atoms with van der Waals surface area (Å²) < 4.78 is 13.2. The molecule has 0 saturated carbocycles. The zero-order valence-corrected chi connectivity index (χ0v) is 12.5. The molecular weight excluding hydrogens is 263 g/mol. The van der Waals surface area contributed by atoms with Crippen molar-refractivity contribution in [2.45, 2.75) is 38.9 Å². The Morgan fingerprint density at radius 3 is 2.79 bits per heavy atom. The number of nitrogens with one attached hydrogen (secondary N) is 1. The SMILES string of the molecule is CNC1CCN(Cc2ccc(F)c(Cl)c2)C(C)C1C. The fourth-order valence-electron chi connectivity index (χ4n) is 2.94. The molecule has 106 valence electrons. The molecule has 3 atom stereocenters. The number of hydrogen-bond donors (Lipinski definition) is 1. The number of likely N-dealkylation sites (tertiary alicyclic amines) is 1. The van der Waals surface area contributed by atoms with Crippen molar-refractivity contribution in [3.8, 4) is 0 Å². The highest BCUT2D eigenvalue weighted by atomic mass is 35.5. The van der Waals surface area contributed by atoms with Crippen LogP contribution in [0.5, 0.6) is 0 Å². The van der Waals surface area contributed by atoms with E-state index in [1.807, 2.05) is 13.1 Å². The van der Waals surface area contributed by atoms with E-state index in [9.17, 15) is 4.39 Å². The maximum Gasteiger partial charge on any atom is 0.141 e. The predicted octanol–water partition coefficient (Wildman–Crippen LogP) is 3.30. The topological polar surface area (TPSA) is 15.3 Å². The van der Waals surface area contributed by atoms with E-state index in [0.29, 0.717) is 18.0 Å². The third-order valence-corrected chi connectivity index (χ3v) is 4.73. The molecule has 1 saturated heterocycles. The summed E-state index contributed by atoms with van der Waals surface area (Å²) in [5, 5.41) is 3.60. The summed E-state index contributed by atoms with van der Waals surface area (Å²) in [6.45, 7) is 6.45. The molecule has 0 bridgehead atoms. The lowest BCUT2D eigenvalue weighted by atomic mass is 9.87. The molecule has 0 spiro atoms. The minimum atomic E-state index is -0.347. The molecule has 3 unspecified atom stereocenters. The first-order valence-corrected chi connectivity index (χ1v) is 7.26. The van der Waals surface area contributed by atoms with Gasteiger partial charge in [0.2, 0.25) is 0 Å². The molecule has 1 heterocycles. The van der Waals surface area contributed by atoms with Crippen molar-refractivity contribution in [3.63, 3.8) is 0 Å². The number of benzene rings is 1.